The average molecular weight is 349 g/mol. The van der Waals surface area contributed by atoms with Crippen molar-refractivity contribution in [3.05, 3.63) is 84.9 Å². The van der Waals surface area contributed by atoms with E-state index in [1.54, 1.807) is 0 Å². The van der Waals surface area contributed by atoms with Gasteiger partial charge in [-0.05, 0) is 35.4 Å². The van der Waals surface area contributed by atoms with Crippen LogP contribution in [0.4, 0.5) is 11.4 Å². The molecule has 5 aromatic rings. The molecule has 0 unspecified atom stereocenters. The third-order valence-electron chi connectivity index (χ3n) is 5.13. The molecule has 0 radical (unpaired) electrons. The highest BCUT2D eigenvalue weighted by Crippen LogP contribution is 2.35. The Morgan fingerprint density at radius 2 is 1.30 bits per heavy atom. The summed E-state index contributed by atoms with van der Waals surface area (Å²) in [5.74, 6) is 0. The molecule has 0 aliphatic rings. The predicted molar refractivity (Wildman–Crippen MR) is 116 cm³/mol. The van der Waals surface area contributed by atoms with Crippen molar-refractivity contribution < 1.29 is 0 Å². The number of nitrogen functional groups attached to an aromatic ring is 2. The van der Waals surface area contributed by atoms with Crippen molar-refractivity contribution in [2.24, 2.45) is 0 Å². The fourth-order valence-electron chi connectivity index (χ4n) is 3.77. The molecule has 0 spiro atoms. The van der Waals surface area contributed by atoms with Crippen molar-refractivity contribution in [1.82, 2.24) is 4.98 Å². The molecule has 4 aromatic carbocycles. The SMILES string of the molecule is Nc1ccc(N)c(-c2ccc(-c3cccc4c3[nH]c3ccccc34)cc2)c1. The van der Waals surface area contributed by atoms with Gasteiger partial charge in [-0.3, -0.25) is 0 Å². The molecule has 0 saturated heterocycles. The summed E-state index contributed by atoms with van der Waals surface area (Å²) in [6.45, 7) is 0. The molecule has 27 heavy (non-hydrogen) atoms. The summed E-state index contributed by atoms with van der Waals surface area (Å²) < 4.78 is 0. The van der Waals surface area contributed by atoms with Crippen molar-refractivity contribution in [3.8, 4) is 22.3 Å². The van der Waals surface area contributed by atoms with Gasteiger partial charge >= 0.3 is 0 Å². The van der Waals surface area contributed by atoms with Gasteiger partial charge in [0.2, 0.25) is 0 Å². The molecular formula is C24H19N3. The summed E-state index contributed by atoms with van der Waals surface area (Å²) in [5.41, 5.74) is 20.2. The monoisotopic (exact) mass is 349 g/mol. The van der Waals surface area contributed by atoms with E-state index < -0.39 is 0 Å². The van der Waals surface area contributed by atoms with E-state index in [1.165, 1.54) is 21.9 Å². The lowest BCUT2D eigenvalue weighted by molar-refractivity contribution is 1.53. The number of hydrogen-bond acceptors (Lipinski definition) is 2. The molecule has 130 valence electrons. The van der Waals surface area contributed by atoms with E-state index >= 15 is 0 Å². The first-order valence-corrected chi connectivity index (χ1v) is 8.96. The lowest BCUT2D eigenvalue weighted by Gasteiger charge is -2.09. The molecule has 3 nitrogen and oxygen atoms in total. The second-order valence-electron chi connectivity index (χ2n) is 6.82. The lowest BCUT2D eigenvalue weighted by atomic mass is 9.97. The quantitative estimate of drug-likeness (QED) is 0.352. The Balaban J connectivity index is 1.64. The molecule has 0 amide bonds. The molecule has 0 fully saturated rings. The number of anilines is 2. The summed E-state index contributed by atoms with van der Waals surface area (Å²) >= 11 is 0. The van der Waals surface area contributed by atoms with Crippen LogP contribution in [0.15, 0.2) is 84.9 Å². The van der Waals surface area contributed by atoms with Crippen molar-refractivity contribution in [1.29, 1.82) is 0 Å². The second kappa shape index (κ2) is 5.92. The van der Waals surface area contributed by atoms with Crippen LogP contribution in [-0.2, 0) is 0 Å². The molecule has 0 aliphatic heterocycles. The summed E-state index contributed by atoms with van der Waals surface area (Å²) in [6, 6.07) is 28.9. The normalized spacial score (nSPS) is 11.3. The minimum atomic E-state index is 0.714. The van der Waals surface area contributed by atoms with Crippen LogP contribution in [0.2, 0.25) is 0 Å². The molecule has 0 bridgehead atoms. The molecule has 1 heterocycles. The van der Waals surface area contributed by atoms with Crippen molar-refractivity contribution in [2.75, 3.05) is 11.5 Å². The number of aromatic nitrogens is 1. The predicted octanol–water partition coefficient (Wildman–Crippen LogP) is 5.82. The number of aromatic amines is 1. The first-order valence-electron chi connectivity index (χ1n) is 8.96. The van der Waals surface area contributed by atoms with Gasteiger partial charge in [0.05, 0.1) is 5.52 Å². The molecule has 0 atom stereocenters. The fourth-order valence-corrected chi connectivity index (χ4v) is 3.77. The Morgan fingerprint density at radius 1 is 0.593 bits per heavy atom. The van der Waals surface area contributed by atoms with Gasteiger partial charge in [0.15, 0.2) is 0 Å². The lowest BCUT2D eigenvalue weighted by Crippen LogP contribution is -1.93. The van der Waals surface area contributed by atoms with Gasteiger partial charge in [0, 0.05) is 38.8 Å². The average Bonchev–Trinajstić information content (AvgIpc) is 3.09. The smallest absolute Gasteiger partial charge is 0.0544 e. The largest absolute Gasteiger partial charge is 0.399 e. The van der Waals surface area contributed by atoms with Crippen LogP contribution in [0.1, 0.15) is 0 Å². The van der Waals surface area contributed by atoms with Crippen LogP contribution in [0.25, 0.3) is 44.1 Å². The highest BCUT2D eigenvalue weighted by atomic mass is 14.7. The highest BCUT2D eigenvalue weighted by molar-refractivity contribution is 6.11. The van der Waals surface area contributed by atoms with Crippen LogP contribution in [0.5, 0.6) is 0 Å². The van der Waals surface area contributed by atoms with Crippen LogP contribution in [0, 0.1) is 0 Å². The number of rotatable bonds is 2. The van der Waals surface area contributed by atoms with Crippen LogP contribution >= 0.6 is 0 Å². The Morgan fingerprint density at radius 3 is 2.11 bits per heavy atom. The number of hydrogen-bond donors (Lipinski definition) is 3. The van der Waals surface area contributed by atoms with E-state index in [-0.39, 0.29) is 0 Å². The maximum absolute atomic E-state index is 6.13. The number of nitrogens with one attached hydrogen (secondary N) is 1. The Labute approximate surface area is 157 Å². The zero-order valence-corrected chi connectivity index (χ0v) is 14.7. The van der Waals surface area contributed by atoms with E-state index in [9.17, 15) is 0 Å². The fraction of sp³-hybridized carbons (Fsp3) is 0. The first kappa shape index (κ1) is 15.5. The highest BCUT2D eigenvalue weighted by Gasteiger charge is 2.10. The van der Waals surface area contributed by atoms with Gasteiger partial charge in [-0.15, -0.1) is 0 Å². The van der Waals surface area contributed by atoms with E-state index in [2.05, 4.69) is 71.7 Å². The van der Waals surface area contributed by atoms with Crippen molar-refractivity contribution >= 4 is 33.2 Å². The van der Waals surface area contributed by atoms with Gasteiger partial charge in [-0.2, -0.15) is 0 Å². The van der Waals surface area contributed by atoms with Gasteiger partial charge in [-0.1, -0.05) is 60.7 Å². The second-order valence-corrected chi connectivity index (χ2v) is 6.82. The summed E-state index contributed by atoms with van der Waals surface area (Å²) in [5, 5.41) is 2.49. The van der Waals surface area contributed by atoms with Crippen LogP contribution in [0.3, 0.4) is 0 Å². The number of benzene rings is 4. The maximum atomic E-state index is 6.13. The zero-order chi connectivity index (χ0) is 18.4. The van der Waals surface area contributed by atoms with Gasteiger partial charge in [0.1, 0.15) is 0 Å². The zero-order valence-electron chi connectivity index (χ0n) is 14.7. The van der Waals surface area contributed by atoms with Crippen LogP contribution < -0.4 is 11.5 Å². The topological polar surface area (TPSA) is 67.8 Å². The number of fused-ring (bicyclic) bond motifs is 3. The molecule has 5 N–H and O–H groups in total. The first-order chi connectivity index (χ1) is 13.2. The summed E-state index contributed by atoms with van der Waals surface area (Å²) in [6.07, 6.45) is 0. The van der Waals surface area contributed by atoms with E-state index in [0.717, 1.165) is 27.8 Å². The summed E-state index contributed by atoms with van der Waals surface area (Å²) in [4.78, 5) is 3.57. The number of nitrogens with two attached hydrogens (primary N) is 2. The summed E-state index contributed by atoms with van der Waals surface area (Å²) in [7, 11) is 0. The Bertz CT molecular complexity index is 1280. The van der Waals surface area contributed by atoms with Crippen LogP contribution in [-0.4, -0.2) is 4.98 Å². The third-order valence-corrected chi connectivity index (χ3v) is 5.13. The molecule has 5 rings (SSSR count). The Hall–Kier alpha value is -3.72. The van der Waals surface area contributed by atoms with E-state index in [0.29, 0.717) is 5.69 Å². The third kappa shape index (κ3) is 2.52. The van der Waals surface area contributed by atoms with E-state index in [4.69, 9.17) is 11.5 Å². The van der Waals surface area contributed by atoms with Gasteiger partial charge < -0.3 is 16.5 Å². The maximum Gasteiger partial charge on any atom is 0.0544 e. The van der Waals surface area contributed by atoms with Crippen molar-refractivity contribution in [2.45, 2.75) is 0 Å². The van der Waals surface area contributed by atoms with Gasteiger partial charge in [-0.25, -0.2) is 0 Å². The molecule has 0 aliphatic carbocycles. The minimum absolute atomic E-state index is 0.714. The number of para-hydroxylation sites is 2. The van der Waals surface area contributed by atoms with Gasteiger partial charge in [0.25, 0.3) is 0 Å². The minimum Gasteiger partial charge on any atom is -0.399 e. The standard InChI is InChI=1S/C24H19N3/c25-17-12-13-22(26)21(14-17)16-10-8-15(9-11-16)18-5-3-6-20-19-4-1-2-7-23(19)27-24(18)20/h1-14,27H,25-26H2. The Kier molecular flexibility index (Phi) is 3.41. The molecule has 0 saturated carbocycles. The molecule has 1 aromatic heterocycles. The van der Waals surface area contributed by atoms with E-state index in [1.807, 2.05) is 18.2 Å². The van der Waals surface area contributed by atoms with Crippen molar-refractivity contribution in [3.63, 3.8) is 0 Å². The molecular weight excluding hydrogens is 330 g/mol. The molecule has 3 heteroatoms. The number of H-pyrrole nitrogens is 1.